The molecule has 0 spiro atoms. The highest BCUT2D eigenvalue weighted by atomic mass is 16.6. The minimum Gasteiger partial charge on any atom is -0.459 e. The van der Waals surface area contributed by atoms with E-state index in [4.69, 9.17) is 15.2 Å². The van der Waals surface area contributed by atoms with Crippen molar-refractivity contribution >= 4 is 11.7 Å². The smallest absolute Gasteiger partial charge is 0.355 e. The Labute approximate surface area is 114 Å². The van der Waals surface area contributed by atoms with Gasteiger partial charge in [-0.3, -0.25) is 0 Å². The third kappa shape index (κ3) is 5.34. The maximum Gasteiger partial charge on any atom is 0.355 e. The van der Waals surface area contributed by atoms with Crippen molar-refractivity contribution in [2.45, 2.75) is 46.3 Å². The number of aryl methyl sites for hydroxylation is 1. The molecule has 1 heterocycles. The molecule has 0 fully saturated rings. The Hall–Kier alpha value is -1.49. The van der Waals surface area contributed by atoms with Gasteiger partial charge in [-0.1, -0.05) is 6.92 Å². The van der Waals surface area contributed by atoms with Gasteiger partial charge in [-0.05, 0) is 33.3 Å². The van der Waals surface area contributed by atoms with Crippen LogP contribution in [-0.2, 0) is 16.0 Å². The third-order valence-electron chi connectivity index (χ3n) is 2.44. The SMILES string of the molecule is CCCn1cc(N)cc1C(=O)OCCOC(C)(C)C. The Morgan fingerprint density at radius 3 is 2.63 bits per heavy atom. The van der Waals surface area contributed by atoms with Gasteiger partial charge in [-0.2, -0.15) is 0 Å². The van der Waals surface area contributed by atoms with E-state index in [2.05, 4.69) is 0 Å². The molecule has 0 aliphatic heterocycles. The second-order valence-electron chi connectivity index (χ2n) is 5.45. The van der Waals surface area contributed by atoms with Crippen molar-refractivity contribution < 1.29 is 14.3 Å². The number of hydrogen-bond donors (Lipinski definition) is 1. The molecule has 1 aromatic heterocycles. The fraction of sp³-hybridized carbons (Fsp3) is 0.643. The highest BCUT2D eigenvalue weighted by Gasteiger charge is 2.15. The van der Waals surface area contributed by atoms with Crippen LogP contribution in [0.2, 0.25) is 0 Å². The van der Waals surface area contributed by atoms with E-state index >= 15 is 0 Å². The van der Waals surface area contributed by atoms with Crippen LogP contribution in [0.1, 0.15) is 44.6 Å². The summed E-state index contributed by atoms with van der Waals surface area (Å²) in [5.41, 5.74) is 6.55. The van der Waals surface area contributed by atoms with Gasteiger partial charge in [0.25, 0.3) is 0 Å². The fourth-order valence-electron chi connectivity index (χ4n) is 1.69. The molecule has 0 aliphatic rings. The lowest BCUT2D eigenvalue weighted by Gasteiger charge is -2.19. The molecule has 1 aromatic rings. The molecule has 2 N–H and O–H groups in total. The number of nitrogens with zero attached hydrogens (tertiary/aromatic N) is 1. The zero-order chi connectivity index (χ0) is 14.5. The van der Waals surface area contributed by atoms with Gasteiger partial charge in [-0.15, -0.1) is 0 Å². The van der Waals surface area contributed by atoms with Gasteiger partial charge in [-0.25, -0.2) is 4.79 Å². The van der Waals surface area contributed by atoms with Crippen LogP contribution in [0.4, 0.5) is 5.69 Å². The average molecular weight is 268 g/mol. The maximum absolute atomic E-state index is 11.9. The number of aromatic nitrogens is 1. The van der Waals surface area contributed by atoms with E-state index in [0.29, 0.717) is 18.0 Å². The molecule has 0 unspecified atom stereocenters. The van der Waals surface area contributed by atoms with Crippen molar-refractivity contribution in [3.05, 3.63) is 18.0 Å². The van der Waals surface area contributed by atoms with Gasteiger partial charge >= 0.3 is 5.97 Å². The molecule has 1 rings (SSSR count). The molecule has 0 amide bonds. The summed E-state index contributed by atoms with van der Waals surface area (Å²) in [5, 5.41) is 0. The number of hydrogen-bond acceptors (Lipinski definition) is 4. The lowest BCUT2D eigenvalue weighted by atomic mass is 10.2. The minimum atomic E-state index is -0.359. The molecule has 0 bridgehead atoms. The Morgan fingerprint density at radius 2 is 2.05 bits per heavy atom. The molecule has 19 heavy (non-hydrogen) atoms. The summed E-state index contributed by atoms with van der Waals surface area (Å²) < 4.78 is 12.5. The summed E-state index contributed by atoms with van der Waals surface area (Å²) in [7, 11) is 0. The van der Waals surface area contributed by atoms with E-state index in [9.17, 15) is 4.79 Å². The van der Waals surface area contributed by atoms with Gasteiger partial charge in [0, 0.05) is 12.7 Å². The number of carbonyl (C=O) groups is 1. The van der Waals surface area contributed by atoms with Crippen molar-refractivity contribution in [2.75, 3.05) is 18.9 Å². The maximum atomic E-state index is 11.9. The quantitative estimate of drug-likeness (QED) is 0.635. The van der Waals surface area contributed by atoms with Gasteiger partial charge in [0.2, 0.25) is 0 Å². The van der Waals surface area contributed by atoms with Gasteiger partial charge in [0.05, 0.1) is 17.9 Å². The van der Waals surface area contributed by atoms with E-state index in [-0.39, 0.29) is 18.2 Å². The monoisotopic (exact) mass is 268 g/mol. The lowest BCUT2D eigenvalue weighted by molar-refractivity contribution is -0.0284. The van der Waals surface area contributed by atoms with Crippen LogP contribution < -0.4 is 5.73 Å². The summed E-state index contributed by atoms with van der Waals surface area (Å²) in [4.78, 5) is 11.9. The molecular formula is C14H24N2O3. The molecule has 5 heteroatoms. The fourth-order valence-corrected chi connectivity index (χ4v) is 1.69. The second-order valence-corrected chi connectivity index (χ2v) is 5.45. The predicted octanol–water partition coefficient (Wildman–Crippen LogP) is 2.45. The van der Waals surface area contributed by atoms with E-state index in [0.717, 1.165) is 13.0 Å². The number of esters is 1. The zero-order valence-electron chi connectivity index (χ0n) is 12.2. The topological polar surface area (TPSA) is 66.5 Å². The van der Waals surface area contributed by atoms with Gasteiger partial charge in [0.1, 0.15) is 12.3 Å². The molecule has 0 saturated heterocycles. The first-order chi connectivity index (χ1) is 8.83. The van der Waals surface area contributed by atoms with Crippen LogP contribution in [0.25, 0.3) is 0 Å². The number of ether oxygens (including phenoxy) is 2. The highest BCUT2D eigenvalue weighted by Crippen LogP contribution is 2.13. The van der Waals surface area contributed by atoms with Crippen molar-refractivity contribution in [3.63, 3.8) is 0 Å². The summed E-state index contributed by atoms with van der Waals surface area (Å²) >= 11 is 0. The van der Waals surface area contributed by atoms with Crippen molar-refractivity contribution in [3.8, 4) is 0 Å². The Kier molecular flexibility index (Phi) is 5.42. The molecule has 0 saturated carbocycles. The summed E-state index contributed by atoms with van der Waals surface area (Å²) in [6.07, 6.45) is 2.69. The third-order valence-corrected chi connectivity index (χ3v) is 2.44. The lowest BCUT2D eigenvalue weighted by Crippen LogP contribution is -2.23. The molecule has 0 atom stereocenters. The number of rotatable bonds is 6. The van der Waals surface area contributed by atoms with E-state index in [1.807, 2.05) is 32.3 Å². The van der Waals surface area contributed by atoms with E-state index < -0.39 is 0 Å². The highest BCUT2D eigenvalue weighted by molar-refractivity contribution is 5.89. The first kappa shape index (κ1) is 15.6. The summed E-state index contributed by atoms with van der Waals surface area (Å²) in [6.45, 7) is 9.31. The Balaban J connectivity index is 2.49. The number of carbonyl (C=O) groups excluding carboxylic acids is 1. The number of anilines is 1. The number of nitrogens with two attached hydrogens (primary N) is 1. The van der Waals surface area contributed by atoms with Gasteiger partial charge in [0.15, 0.2) is 0 Å². The van der Waals surface area contributed by atoms with E-state index in [1.54, 1.807) is 12.3 Å². The normalized spacial score (nSPS) is 11.6. The Morgan fingerprint density at radius 1 is 1.37 bits per heavy atom. The predicted molar refractivity (Wildman–Crippen MR) is 75.1 cm³/mol. The van der Waals surface area contributed by atoms with Crippen molar-refractivity contribution in [1.29, 1.82) is 0 Å². The first-order valence-electron chi connectivity index (χ1n) is 6.60. The summed E-state index contributed by atoms with van der Waals surface area (Å²) in [5.74, 6) is -0.359. The van der Waals surface area contributed by atoms with Crippen LogP contribution in [0.3, 0.4) is 0 Å². The summed E-state index contributed by atoms with van der Waals surface area (Å²) in [6, 6.07) is 1.64. The molecule has 108 valence electrons. The molecule has 0 aromatic carbocycles. The van der Waals surface area contributed by atoms with Crippen molar-refractivity contribution in [1.82, 2.24) is 4.57 Å². The van der Waals surface area contributed by atoms with Crippen LogP contribution in [-0.4, -0.2) is 29.4 Å². The first-order valence-corrected chi connectivity index (χ1v) is 6.60. The zero-order valence-corrected chi connectivity index (χ0v) is 12.2. The standard InChI is InChI=1S/C14H24N2O3/c1-5-6-16-10-11(15)9-12(16)13(17)18-7-8-19-14(2,3)4/h9-10H,5-8,15H2,1-4H3. The second kappa shape index (κ2) is 6.61. The Bertz CT molecular complexity index is 419. The van der Waals surface area contributed by atoms with Crippen LogP contribution in [0.5, 0.6) is 0 Å². The van der Waals surface area contributed by atoms with Crippen LogP contribution >= 0.6 is 0 Å². The molecular weight excluding hydrogens is 244 g/mol. The van der Waals surface area contributed by atoms with Crippen molar-refractivity contribution in [2.24, 2.45) is 0 Å². The van der Waals surface area contributed by atoms with E-state index in [1.165, 1.54) is 0 Å². The van der Waals surface area contributed by atoms with Gasteiger partial charge < -0.3 is 19.8 Å². The minimum absolute atomic E-state index is 0.223. The molecule has 0 aliphatic carbocycles. The average Bonchev–Trinajstić information content (AvgIpc) is 2.65. The van der Waals surface area contributed by atoms with Crippen LogP contribution in [0, 0.1) is 0 Å². The largest absolute Gasteiger partial charge is 0.459 e. The molecule has 0 radical (unpaired) electrons. The number of nitrogen functional groups attached to an aromatic ring is 1. The molecule has 5 nitrogen and oxygen atoms in total. The van der Waals surface area contributed by atoms with Crippen LogP contribution in [0.15, 0.2) is 12.3 Å².